The Morgan fingerprint density at radius 3 is 2.67 bits per heavy atom. The average molecular weight is 354 g/mol. The second-order valence-corrected chi connectivity index (χ2v) is 7.68. The molecule has 1 amide bonds. The van der Waals surface area contributed by atoms with Crippen LogP contribution in [0.2, 0.25) is 0 Å². The molecule has 0 aliphatic carbocycles. The molecule has 0 radical (unpaired) electrons. The second-order valence-electron chi connectivity index (χ2n) is 5.93. The van der Waals surface area contributed by atoms with E-state index in [1.165, 1.54) is 12.1 Å². The van der Waals surface area contributed by atoms with Gasteiger partial charge in [0.25, 0.3) is 5.91 Å². The van der Waals surface area contributed by atoms with Crippen molar-refractivity contribution in [2.24, 2.45) is 0 Å². The lowest BCUT2D eigenvalue weighted by molar-refractivity contribution is -0.137. The zero-order valence-corrected chi connectivity index (χ0v) is 14.6. The van der Waals surface area contributed by atoms with Crippen LogP contribution in [-0.2, 0) is 19.6 Å². The van der Waals surface area contributed by atoms with Gasteiger partial charge >= 0.3 is 5.97 Å². The Labute approximate surface area is 142 Å². The topological polar surface area (TPSA) is 92.8 Å². The summed E-state index contributed by atoms with van der Waals surface area (Å²) in [6.45, 7) is 2.30. The fourth-order valence-corrected chi connectivity index (χ4v) is 3.28. The third kappa shape index (κ3) is 4.95. The van der Waals surface area contributed by atoms with Gasteiger partial charge in [0.05, 0.1) is 17.5 Å². The minimum Gasteiger partial charge on any atom is -0.452 e. The van der Waals surface area contributed by atoms with Crippen LogP contribution in [0.1, 0.15) is 36.5 Å². The monoisotopic (exact) mass is 354 g/mol. The van der Waals surface area contributed by atoms with Crippen LogP contribution in [0, 0.1) is 0 Å². The molecule has 1 aliphatic heterocycles. The zero-order valence-electron chi connectivity index (χ0n) is 13.8. The predicted molar refractivity (Wildman–Crippen MR) is 90.2 cm³/mol. The van der Waals surface area contributed by atoms with E-state index in [4.69, 9.17) is 4.74 Å². The molecule has 1 heterocycles. The summed E-state index contributed by atoms with van der Waals surface area (Å²) in [7, 11) is -3.52. The van der Waals surface area contributed by atoms with Crippen molar-refractivity contribution in [1.82, 2.24) is 4.90 Å². The Morgan fingerprint density at radius 1 is 1.29 bits per heavy atom. The second kappa shape index (κ2) is 7.65. The number of carbonyl (C=O) groups excluding carboxylic acids is 2. The number of hydrogen-bond acceptors (Lipinski definition) is 5. The van der Waals surface area contributed by atoms with Crippen molar-refractivity contribution in [3.05, 3.63) is 29.8 Å². The lowest BCUT2D eigenvalue weighted by Gasteiger charge is -2.33. The highest BCUT2D eigenvalue weighted by Crippen LogP contribution is 2.19. The summed E-state index contributed by atoms with van der Waals surface area (Å²) < 4.78 is 30.1. The summed E-state index contributed by atoms with van der Waals surface area (Å²) in [5.74, 6) is -0.969. The molecule has 1 fully saturated rings. The SMILES string of the molecule is C[C@H]1CCCCN1C(=O)COC(=O)c1ccccc1NS(C)(=O)=O. The standard InChI is InChI=1S/C16H22N2O5S/c1-12-7-5-6-10-18(12)15(19)11-23-16(20)13-8-3-4-9-14(13)17-24(2,21)22/h3-4,8-9,12,17H,5-7,10-11H2,1-2H3/t12-/m0/s1. The van der Waals surface area contributed by atoms with Gasteiger partial charge < -0.3 is 9.64 Å². The quantitative estimate of drug-likeness (QED) is 0.811. The van der Waals surface area contributed by atoms with E-state index < -0.39 is 16.0 Å². The van der Waals surface area contributed by atoms with E-state index in [0.29, 0.717) is 6.54 Å². The molecule has 132 valence electrons. The molecule has 1 aromatic carbocycles. The van der Waals surface area contributed by atoms with Gasteiger partial charge in [-0.15, -0.1) is 0 Å². The Kier molecular flexibility index (Phi) is 5.82. The van der Waals surface area contributed by atoms with Gasteiger partial charge in [0.2, 0.25) is 10.0 Å². The summed E-state index contributed by atoms with van der Waals surface area (Å²) in [5, 5.41) is 0. The molecule has 2 rings (SSSR count). The van der Waals surface area contributed by atoms with Crippen molar-refractivity contribution < 1.29 is 22.7 Å². The van der Waals surface area contributed by atoms with E-state index in [9.17, 15) is 18.0 Å². The number of piperidine rings is 1. The minimum atomic E-state index is -3.52. The molecule has 7 nitrogen and oxygen atoms in total. The molecule has 0 aromatic heterocycles. The van der Waals surface area contributed by atoms with E-state index in [1.807, 2.05) is 6.92 Å². The molecular formula is C16H22N2O5S. The molecule has 1 saturated heterocycles. The number of sulfonamides is 1. The summed E-state index contributed by atoms with van der Waals surface area (Å²) in [6, 6.07) is 6.25. The Hall–Kier alpha value is -2.09. The molecule has 1 aliphatic rings. The van der Waals surface area contributed by atoms with Gasteiger partial charge in [0.1, 0.15) is 0 Å². The van der Waals surface area contributed by atoms with Crippen LogP contribution in [-0.4, -0.2) is 50.6 Å². The van der Waals surface area contributed by atoms with Crippen LogP contribution in [0.15, 0.2) is 24.3 Å². The normalized spacial score (nSPS) is 18.1. The number of esters is 1. The number of carbonyl (C=O) groups is 2. The maximum Gasteiger partial charge on any atom is 0.340 e. The molecule has 24 heavy (non-hydrogen) atoms. The number of hydrogen-bond donors (Lipinski definition) is 1. The molecule has 0 unspecified atom stereocenters. The first kappa shape index (κ1) is 18.3. The summed E-state index contributed by atoms with van der Waals surface area (Å²) in [6.07, 6.45) is 3.98. The number of benzene rings is 1. The highest BCUT2D eigenvalue weighted by Gasteiger charge is 2.24. The van der Waals surface area contributed by atoms with Gasteiger partial charge in [-0.2, -0.15) is 0 Å². The van der Waals surface area contributed by atoms with Crippen molar-refractivity contribution in [3.8, 4) is 0 Å². The van der Waals surface area contributed by atoms with Gasteiger partial charge in [0, 0.05) is 12.6 Å². The van der Waals surface area contributed by atoms with Gasteiger partial charge in [-0.1, -0.05) is 12.1 Å². The van der Waals surface area contributed by atoms with E-state index in [-0.39, 0.29) is 29.8 Å². The number of ether oxygens (including phenoxy) is 1. The fraction of sp³-hybridized carbons (Fsp3) is 0.500. The molecular weight excluding hydrogens is 332 g/mol. The van der Waals surface area contributed by atoms with E-state index in [0.717, 1.165) is 25.5 Å². The van der Waals surface area contributed by atoms with Crippen LogP contribution in [0.25, 0.3) is 0 Å². The number of amides is 1. The van der Waals surface area contributed by atoms with Crippen molar-refractivity contribution >= 4 is 27.6 Å². The average Bonchev–Trinajstić information content (AvgIpc) is 2.51. The zero-order chi connectivity index (χ0) is 17.7. The smallest absolute Gasteiger partial charge is 0.340 e. The first-order chi connectivity index (χ1) is 11.3. The van der Waals surface area contributed by atoms with Crippen LogP contribution < -0.4 is 4.72 Å². The number of nitrogens with zero attached hydrogens (tertiary/aromatic N) is 1. The van der Waals surface area contributed by atoms with Crippen molar-refractivity contribution in [2.75, 3.05) is 24.1 Å². The van der Waals surface area contributed by atoms with Crippen LogP contribution >= 0.6 is 0 Å². The molecule has 0 spiro atoms. The third-order valence-corrected chi connectivity index (χ3v) is 4.48. The van der Waals surface area contributed by atoms with Crippen LogP contribution in [0.5, 0.6) is 0 Å². The number of nitrogens with one attached hydrogen (secondary N) is 1. The van der Waals surface area contributed by atoms with Crippen LogP contribution in [0.4, 0.5) is 5.69 Å². The first-order valence-corrected chi connectivity index (χ1v) is 9.70. The van der Waals surface area contributed by atoms with E-state index >= 15 is 0 Å². The number of likely N-dealkylation sites (tertiary alicyclic amines) is 1. The van der Waals surface area contributed by atoms with Crippen molar-refractivity contribution in [2.45, 2.75) is 32.2 Å². The molecule has 0 bridgehead atoms. The maximum absolute atomic E-state index is 12.2. The molecule has 0 saturated carbocycles. The summed E-state index contributed by atoms with van der Waals surface area (Å²) >= 11 is 0. The molecule has 8 heteroatoms. The first-order valence-electron chi connectivity index (χ1n) is 7.81. The van der Waals surface area contributed by atoms with Crippen molar-refractivity contribution in [3.63, 3.8) is 0 Å². The van der Waals surface area contributed by atoms with Gasteiger partial charge in [0.15, 0.2) is 6.61 Å². The Morgan fingerprint density at radius 2 is 2.00 bits per heavy atom. The fourth-order valence-electron chi connectivity index (χ4n) is 2.71. The lowest BCUT2D eigenvalue weighted by atomic mass is 10.0. The summed E-state index contributed by atoms with van der Waals surface area (Å²) in [5.41, 5.74) is 0.200. The highest BCUT2D eigenvalue weighted by atomic mass is 32.2. The van der Waals surface area contributed by atoms with E-state index in [1.54, 1.807) is 17.0 Å². The third-order valence-electron chi connectivity index (χ3n) is 3.89. The molecule has 1 atom stereocenters. The lowest BCUT2D eigenvalue weighted by Crippen LogP contribution is -2.44. The largest absolute Gasteiger partial charge is 0.452 e. The number of anilines is 1. The van der Waals surface area contributed by atoms with Crippen LogP contribution in [0.3, 0.4) is 0 Å². The molecule has 1 N–H and O–H groups in total. The highest BCUT2D eigenvalue weighted by molar-refractivity contribution is 7.92. The van der Waals surface area contributed by atoms with Gasteiger partial charge in [-0.25, -0.2) is 13.2 Å². The molecule has 1 aromatic rings. The summed E-state index contributed by atoms with van der Waals surface area (Å²) in [4.78, 5) is 26.1. The maximum atomic E-state index is 12.2. The van der Waals surface area contributed by atoms with Gasteiger partial charge in [-0.3, -0.25) is 9.52 Å². The van der Waals surface area contributed by atoms with Crippen molar-refractivity contribution in [1.29, 1.82) is 0 Å². The van der Waals surface area contributed by atoms with E-state index in [2.05, 4.69) is 4.72 Å². The Bertz CT molecular complexity index is 717. The number of rotatable bonds is 5. The van der Waals surface area contributed by atoms with Gasteiger partial charge in [-0.05, 0) is 38.3 Å². The Balaban J connectivity index is 2.01. The minimum absolute atomic E-state index is 0.0717. The number of para-hydroxylation sites is 1. The predicted octanol–water partition coefficient (Wildman–Crippen LogP) is 1.62.